The Labute approximate surface area is 228 Å². The maximum atomic E-state index is 12.3. The highest BCUT2D eigenvalue weighted by Crippen LogP contribution is 2.13. The molecule has 0 spiro atoms. The molecule has 216 valence electrons. The van der Waals surface area contributed by atoms with Crippen LogP contribution in [0.25, 0.3) is 0 Å². The van der Waals surface area contributed by atoms with Crippen molar-refractivity contribution in [1.29, 1.82) is 0 Å². The Balaban J connectivity index is 3.90. The maximum absolute atomic E-state index is 12.3. The van der Waals surface area contributed by atoms with E-state index < -0.39 is 24.2 Å². The van der Waals surface area contributed by atoms with Crippen LogP contribution in [-0.4, -0.2) is 46.1 Å². The molecule has 0 heterocycles. The van der Waals surface area contributed by atoms with Gasteiger partial charge in [0.1, 0.15) is 6.10 Å². The molecular weight excluding hydrogens is 462 g/mol. The minimum atomic E-state index is -1.10. The van der Waals surface area contributed by atoms with Crippen molar-refractivity contribution in [2.24, 2.45) is 0 Å². The van der Waals surface area contributed by atoms with Crippen molar-refractivity contribution < 1.29 is 20.1 Å². The zero-order valence-corrected chi connectivity index (χ0v) is 24.1. The molecule has 0 fully saturated rings. The summed E-state index contributed by atoms with van der Waals surface area (Å²) in [4.78, 5) is 12.3. The van der Waals surface area contributed by atoms with Crippen molar-refractivity contribution in [3.63, 3.8) is 0 Å². The third kappa shape index (κ3) is 23.4. The van der Waals surface area contributed by atoms with E-state index in [0.29, 0.717) is 6.42 Å². The van der Waals surface area contributed by atoms with Crippen LogP contribution < -0.4 is 5.32 Å². The van der Waals surface area contributed by atoms with Crippen molar-refractivity contribution in [2.45, 2.75) is 154 Å². The third-order valence-electron chi connectivity index (χ3n) is 6.69. The molecule has 0 aromatic carbocycles. The molecule has 0 aliphatic heterocycles. The lowest BCUT2D eigenvalue weighted by Crippen LogP contribution is -2.48. The van der Waals surface area contributed by atoms with Crippen molar-refractivity contribution >= 4 is 5.91 Å². The van der Waals surface area contributed by atoms with Crippen LogP contribution >= 0.6 is 0 Å². The fourth-order valence-electron chi connectivity index (χ4n) is 4.22. The summed E-state index contributed by atoms with van der Waals surface area (Å²) in [5, 5.41) is 32.7. The van der Waals surface area contributed by atoms with Gasteiger partial charge < -0.3 is 20.6 Å². The van der Waals surface area contributed by atoms with Gasteiger partial charge in [0.05, 0.1) is 18.8 Å². The Kier molecular flexibility index (Phi) is 26.5. The number of carbonyl (C=O) groups excluding carboxylic acids is 1. The molecule has 0 rings (SSSR count). The zero-order valence-electron chi connectivity index (χ0n) is 24.1. The summed E-state index contributed by atoms with van der Waals surface area (Å²) in [5.41, 5.74) is 0. The second-order valence-electron chi connectivity index (χ2n) is 10.3. The Hall–Kier alpha value is -1.43. The molecule has 5 nitrogen and oxygen atoms in total. The number of rotatable bonds is 26. The smallest absolute Gasteiger partial charge is 0.249 e. The second kappa shape index (κ2) is 27.6. The molecule has 0 radical (unpaired) electrons. The molecular formula is C32H59NO4. The molecule has 0 aliphatic rings. The number of allylic oxidation sites excluding steroid dienone is 5. The van der Waals surface area contributed by atoms with Crippen LogP contribution in [0, 0.1) is 0 Å². The predicted octanol–water partition coefficient (Wildman–Crippen LogP) is 7.31. The van der Waals surface area contributed by atoms with E-state index in [0.717, 1.165) is 51.4 Å². The highest BCUT2D eigenvalue weighted by molar-refractivity contribution is 5.80. The first-order valence-electron chi connectivity index (χ1n) is 15.3. The summed E-state index contributed by atoms with van der Waals surface area (Å²) in [5.74, 6) is -0.523. The van der Waals surface area contributed by atoms with Gasteiger partial charge in [-0.1, -0.05) is 134 Å². The van der Waals surface area contributed by atoms with Crippen LogP contribution in [0.2, 0.25) is 0 Å². The molecule has 0 aromatic rings. The normalized spacial score (nSPS) is 14.6. The van der Waals surface area contributed by atoms with Crippen LogP contribution in [0.3, 0.4) is 0 Å². The number of aliphatic hydroxyl groups excluding tert-OH is 3. The highest BCUT2D eigenvalue weighted by atomic mass is 16.3. The lowest BCUT2D eigenvalue weighted by molar-refractivity contribution is -0.131. The van der Waals surface area contributed by atoms with Crippen LogP contribution in [0.15, 0.2) is 36.5 Å². The first-order chi connectivity index (χ1) is 18.1. The Morgan fingerprint density at radius 2 is 1.11 bits per heavy atom. The number of aliphatic hydroxyl groups is 3. The van der Waals surface area contributed by atoms with Gasteiger partial charge in [0.2, 0.25) is 5.91 Å². The Bertz CT molecular complexity index is 587. The standard InChI is InChI=1S/C32H59NO4/c1-3-5-7-9-11-13-15-17-19-21-23-25-27-31(36)32(37)33-29(28-34)30(35)26-24-22-20-18-16-14-12-10-8-6-4-2/h8,10,16,18,24,26,29-31,34-36H,3-7,9,11-15,17,19-23,25,27-28H2,1-2H3,(H,33,37)/b10-8+,18-16+,26-24+. The van der Waals surface area contributed by atoms with E-state index in [1.54, 1.807) is 6.08 Å². The molecule has 0 aromatic heterocycles. The minimum absolute atomic E-state index is 0.381. The first-order valence-corrected chi connectivity index (χ1v) is 15.3. The van der Waals surface area contributed by atoms with Crippen LogP contribution in [0.4, 0.5) is 0 Å². The highest BCUT2D eigenvalue weighted by Gasteiger charge is 2.22. The summed E-state index contributed by atoms with van der Waals surface area (Å²) < 4.78 is 0. The Morgan fingerprint density at radius 3 is 1.59 bits per heavy atom. The number of hydrogen-bond donors (Lipinski definition) is 4. The lowest BCUT2D eigenvalue weighted by Gasteiger charge is -2.21. The van der Waals surface area contributed by atoms with Gasteiger partial charge >= 0.3 is 0 Å². The fourth-order valence-corrected chi connectivity index (χ4v) is 4.22. The Morgan fingerprint density at radius 1 is 0.649 bits per heavy atom. The molecule has 3 atom stereocenters. The third-order valence-corrected chi connectivity index (χ3v) is 6.69. The van der Waals surface area contributed by atoms with E-state index in [2.05, 4.69) is 43.5 Å². The van der Waals surface area contributed by atoms with Gasteiger partial charge in [-0.15, -0.1) is 0 Å². The SMILES string of the molecule is CCC/C=C/CC/C=C/CC/C=C/C(O)C(CO)NC(=O)C(O)CCCCCCCCCCCCCC. The molecule has 37 heavy (non-hydrogen) atoms. The van der Waals surface area contributed by atoms with E-state index >= 15 is 0 Å². The van der Waals surface area contributed by atoms with Crippen molar-refractivity contribution in [3.8, 4) is 0 Å². The monoisotopic (exact) mass is 521 g/mol. The van der Waals surface area contributed by atoms with Crippen LogP contribution in [0.1, 0.15) is 136 Å². The van der Waals surface area contributed by atoms with Gasteiger partial charge in [-0.3, -0.25) is 4.79 Å². The minimum Gasteiger partial charge on any atom is -0.394 e. The van der Waals surface area contributed by atoms with E-state index in [9.17, 15) is 20.1 Å². The second-order valence-corrected chi connectivity index (χ2v) is 10.3. The van der Waals surface area contributed by atoms with E-state index in [-0.39, 0.29) is 6.61 Å². The summed E-state index contributed by atoms with van der Waals surface area (Å²) in [6, 6.07) is -0.814. The summed E-state index contributed by atoms with van der Waals surface area (Å²) in [6.07, 6.45) is 31.5. The number of unbranched alkanes of at least 4 members (excludes halogenated alkanes) is 14. The number of amides is 1. The summed E-state index contributed by atoms with van der Waals surface area (Å²) >= 11 is 0. The van der Waals surface area contributed by atoms with Crippen LogP contribution in [0.5, 0.6) is 0 Å². The van der Waals surface area contributed by atoms with Gasteiger partial charge in [-0.2, -0.15) is 0 Å². The van der Waals surface area contributed by atoms with Crippen molar-refractivity contribution in [2.75, 3.05) is 6.61 Å². The van der Waals surface area contributed by atoms with Gasteiger partial charge in [0.25, 0.3) is 0 Å². The molecule has 4 N–H and O–H groups in total. The van der Waals surface area contributed by atoms with Crippen molar-refractivity contribution in [3.05, 3.63) is 36.5 Å². The molecule has 0 saturated heterocycles. The topological polar surface area (TPSA) is 89.8 Å². The summed E-state index contributed by atoms with van der Waals surface area (Å²) in [7, 11) is 0. The molecule has 0 aliphatic carbocycles. The zero-order chi connectivity index (χ0) is 27.4. The van der Waals surface area contributed by atoms with E-state index in [4.69, 9.17) is 0 Å². The van der Waals surface area contributed by atoms with Gasteiger partial charge in [-0.25, -0.2) is 0 Å². The molecule has 5 heteroatoms. The molecule has 0 bridgehead atoms. The summed E-state index contributed by atoms with van der Waals surface area (Å²) in [6.45, 7) is 4.04. The molecule has 1 amide bonds. The predicted molar refractivity (Wildman–Crippen MR) is 158 cm³/mol. The number of nitrogens with one attached hydrogen (secondary N) is 1. The van der Waals surface area contributed by atoms with Gasteiger partial charge in [0, 0.05) is 0 Å². The van der Waals surface area contributed by atoms with Crippen molar-refractivity contribution in [1.82, 2.24) is 5.32 Å². The molecule has 3 unspecified atom stereocenters. The van der Waals surface area contributed by atoms with E-state index in [1.165, 1.54) is 64.2 Å². The lowest BCUT2D eigenvalue weighted by atomic mass is 10.0. The fraction of sp³-hybridized carbons (Fsp3) is 0.781. The number of carbonyl (C=O) groups is 1. The number of hydrogen-bond acceptors (Lipinski definition) is 4. The molecule has 0 saturated carbocycles. The largest absolute Gasteiger partial charge is 0.394 e. The quantitative estimate of drug-likeness (QED) is 0.0710. The average molecular weight is 522 g/mol. The van der Waals surface area contributed by atoms with Crippen LogP contribution in [-0.2, 0) is 4.79 Å². The maximum Gasteiger partial charge on any atom is 0.249 e. The van der Waals surface area contributed by atoms with E-state index in [1.807, 2.05) is 6.08 Å². The van der Waals surface area contributed by atoms with Gasteiger partial charge in [-0.05, 0) is 38.5 Å². The average Bonchev–Trinajstić information content (AvgIpc) is 2.90. The van der Waals surface area contributed by atoms with Gasteiger partial charge in [0.15, 0.2) is 0 Å². The first kappa shape index (κ1) is 35.6.